The molecular formula is C63H110. The predicted molar refractivity (Wildman–Crippen MR) is 284 cm³/mol. The highest BCUT2D eigenvalue weighted by molar-refractivity contribution is 5.42. The van der Waals surface area contributed by atoms with Gasteiger partial charge in [0.15, 0.2) is 0 Å². The van der Waals surface area contributed by atoms with Crippen LogP contribution in [0.4, 0.5) is 0 Å². The second-order valence-electron chi connectivity index (χ2n) is 20.8. The summed E-state index contributed by atoms with van der Waals surface area (Å²) in [6, 6.07) is 26.0. The van der Waals surface area contributed by atoms with Crippen molar-refractivity contribution in [1.29, 1.82) is 0 Å². The standard InChI is InChI=1S/C63H110/c1-5-9-13-17-21-25-29-33-37-41-51-59-63(60-52-44-42-45-53-60,61-54-46-43-47-55-61)62(56-48-38-34-30-26-22-18-14-10-6-2,57-49-39-35-31-27-23-19-15-11-7-3)58-50-40-36-32-28-24-20-16-12-8-4/h44-47,52-55H,5-41,48-51,56-59H2,1-4H3. The zero-order valence-corrected chi connectivity index (χ0v) is 43.4. The summed E-state index contributed by atoms with van der Waals surface area (Å²) in [7, 11) is 0. The van der Waals surface area contributed by atoms with Gasteiger partial charge in [-0.05, 0) is 54.4 Å². The van der Waals surface area contributed by atoms with Gasteiger partial charge in [0, 0.05) is 5.41 Å². The van der Waals surface area contributed by atoms with Crippen molar-refractivity contribution < 1.29 is 0 Å². The van der Waals surface area contributed by atoms with Crippen LogP contribution in [-0.2, 0) is 5.41 Å². The minimum absolute atomic E-state index is 0.0221. The van der Waals surface area contributed by atoms with E-state index in [2.05, 4.69) is 88.4 Å². The molecule has 2 radical (unpaired) electrons. The topological polar surface area (TPSA) is 0 Å². The van der Waals surface area contributed by atoms with Gasteiger partial charge in [-0.25, -0.2) is 0 Å². The molecule has 0 bridgehead atoms. The molecule has 0 aliphatic heterocycles. The summed E-state index contributed by atoms with van der Waals surface area (Å²) in [6.45, 7) is 9.35. The van der Waals surface area contributed by atoms with Crippen LogP contribution in [-0.4, -0.2) is 0 Å². The Hall–Kier alpha value is -1.56. The quantitative estimate of drug-likeness (QED) is 0.0582. The predicted octanol–water partition coefficient (Wildman–Crippen LogP) is 22.2. The van der Waals surface area contributed by atoms with Crippen LogP contribution in [0.2, 0.25) is 0 Å². The number of rotatable bonds is 48. The summed E-state index contributed by atoms with van der Waals surface area (Å²) in [5, 5.41) is 0. The Bertz CT molecular complexity index is 1080. The molecule has 2 rings (SSSR count). The van der Waals surface area contributed by atoms with E-state index in [0.717, 1.165) is 0 Å². The van der Waals surface area contributed by atoms with E-state index in [0.29, 0.717) is 0 Å². The zero-order valence-electron chi connectivity index (χ0n) is 43.4. The van der Waals surface area contributed by atoms with E-state index in [1.54, 1.807) is 11.1 Å². The lowest BCUT2D eigenvalue weighted by atomic mass is 9.50. The molecule has 0 fully saturated rings. The van der Waals surface area contributed by atoms with E-state index in [1.165, 1.54) is 289 Å². The summed E-state index contributed by atoms with van der Waals surface area (Å²) in [6.07, 6.45) is 63.5. The van der Waals surface area contributed by atoms with Gasteiger partial charge in [-0.15, -0.1) is 0 Å². The molecule has 0 nitrogen and oxygen atoms in total. The number of hydrogen-bond acceptors (Lipinski definition) is 0. The lowest BCUT2D eigenvalue weighted by Gasteiger charge is -2.53. The Morgan fingerprint density at radius 1 is 0.254 bits per heavy atom. The number of benzene rings is 2. The maximum Gasteiger partial charge on any atom is 0.0259 e. The van der Waals surface area contributed by atoms with Crippen LogP contribution < -0.4 is 0 Å². The molecule has 2 aromatic rings. The van der Waals surface area contributed by atoms with Gasteiger partial charge in [0.05, 0.1) is 0 Å². The lowest BCUT2D eigenvalue weighted by Crippen LogP contribution is -2.47. The average Bonchev–Trinajstić information content (AvgIpc) is 3.31. The molecule has 362 valence electrons. The maximum absolute atomic E-state index is 3.48. The third-order valence-electron chi connectivity index (χ3n) is 15.5. The van der Waals surface area contributed by atoms with Crippen molar-refractivity contribution in [3.63, 3.8) is 0 Å². The van der Waals surface area contributed by atoms with Crippen molar-refractivity contribution in [1.82, 2.24) is 0 Å². The highest BCUT2D eigenvalue weighted by atomic mass is 14.5. The Morgan fingerprint density at radius 2 is 0.444 bits per heavy atom. The van der Waals surface area contributed by atoms with Gasteiger partial charge < -0.3 is 0 Å². The summed E-state index contributed by atoms with van der Waals surface area (Å²) < 4.78 is 0. The van der Waals surface area contributed by atoms with Crippen molar-refractivity contribution in [3.8, 4) is 0 Å². The van der Waals surface area contributed by atoms with E-state index >= 15 is 0 Å². The molecule has 0 spiro atoms. The molecular weight excluding hydrogens is 757 g/mol. The zero-order chi connectivity index (χ0) is 45.0. The van der Waals surface area contributed by atoms with Gasteiger partial charge in [0.25, 0.3) is 0 Å². The van der Waals surface area contributed by atoms with Crippen LogP contribution in [0.1, 0.15) is 328 Å². The molecule has 0 N–H and O–H groups in total. The van der Waals surface area contributed by atoms with Crippen molar-refractivity contribution in [3.05, 3.63) is 71.8 Å². The van der Waals surface area contributed by atoms with Crippen LogP contribution in [0.15, 0.2) is 48.5 Å². The van der Waals surface area contributed by atoms with E-state index < -0.39 is 0 Å². The fourth-order valence-electron chi connectivity index (χ4n) is 11.6. The third-order valence-corrected chi connectivity index (χ3v) is 15.5. The maximum atomic E-state index is 3.48. The van der Waals surface area contributed by atoms with Gasteiger partial charge in [0.1, 0.15) is 0 Å². The molecule has 0 unspecified atom stereocenters. The molecule has 0 heteroatoms. The second-order valence-corrected chi connectivity index (χ2v) is 20.8. The van der Waals surface area contributed by atoms with Crippen LogP contribution >= 0.6 is 0 Å². The first-order chi connectivity index (χ1) is 31.2. The number of hydrogen-bond donors (Lipinski definition) is 0. The molecule has 63 heavy (non-hydrogen) atoms. The van der Waals surface area contributed by atoms with Crippen molar-refractivity contribution >= 4 is 0 Å². The van der Waals surface area contributed by atoms with E-state index in [-0.39, 0.29) is 10.8 Å². The molecule has 0 heterocycles. The second kappa shape index (κ2) is 41.8. The highest BCUT2D eigenvalue weighted by Gasteiger charge is 2.51. The van der Waals surface area contributed by atoms with Crippen molar-refractivity contribution in [2.45, 2.75) is 322 Å². The SMILES string of the molecule is CCCCCCCCCCCCCC(c1cc[c]cc1)(c1cc[c]cc1)C(CCCCCCCCCCCC)(CCCCCCCCCCCC)CCCCCCCCCCCC. The van der Waals surface area contributed by atoms with E-state index in [1.807, 2.05) is 0 Å². The van der Waals surface area contributed by atoms with Gasteiger partial charge in [-0.1, -0.05) is 339 Å². The Morgan fingerprint density at radius 3 is 0.667 bits per heavy atom. The summed E-state index contributed by atoms with van der Waals surface area (Å²) >= 11 is 0. The van der Waals surface area contributed by atoms with Crippen LogP contribution in [0.3, 0.4) is 0 Å². The third kappa shape index (κ3) is 26.4. The Balaban J connectivity index is 2.40. The molecule has 0 saturated heterocycles. The Kier molecular flexibility index (Phi) is 38.2. The minimum atomic E-state index is 0.0221. The highest BCUT2D eigenvalue weighted by Crippen LogP contribution is 2.58. The van der Waals surface area contributed by atoms with Gasteiger partial charge >= 0.3 is 0 Å². The Labute approximate surface area is 397 Å². The van der Waals surface area contributed by atoms with Crippen molar-refractivity contribution in [2.24, 2.45) is 5.41 Å². The van der Waals surface area contributed by atoms with Gasteiger partial charge in [-0.2, -0.15) is 0 Å². The summed E-state index contributed by atoms with van der Waals surface area (Å²) in [5.74, 6) is 0. The first-order valence-corrected chi connectivity index (χ1v) is 29.1. The average molecular weight is 868 g/mol. The number of unbranched alkanes of at least 4 members (excludes halogenated alkanes) is 37. The fourth-order valence-corrected chi connectivity index (χ4v) is 11.6. The first-order valence-electron chi connectivity index (χ1n) is 29.1. The summed E-state index contributed by atoms with van der Waals surface area (Å²) in [5.41, 5.74) is 3.46. The fraction of sp³-hybridized carbons (Fsp3) is 0.810. The minimum Gasteiger partial charge on any atom is -0.0654 e. The van der Waals surface area contributed by atoms with Gasteiger partial charge in [0.2, 0.25) is 0 Å². The van der Waals surface area contributed by atoms with Crippen LogP contribution in [0, 0.1) is 17.5 Å². The molecule has 0 aromatic heterocycles. The first kappa shape index (κ1) is 57.6. The molecule has 2 aromatic carbocycles. The van der Waals surface area contributed by atoms with E-state index in [9.17, 15) is 0 Å². The molecule has 0 atom stereocenters. The van der Waals surface area contributed by atoms with Crippen molar-refractivity contribution in [2.75, 3.05) is 0 Å². The molecule has 0 saturated carbocycles. The van der Waals surface area contributed by atoms with Crippen LogP contribution in [0.5, 0.6) is 0 Å². The smallest absolute Gasteiger partial charge is 0.0259 e. The monoisotopic (exact) mass is 867 g/mol. The normalized spacial score (nSPS) is 12.1. The largest absolute Gasteiger partial charge is 0.0654 e. The lowest BCUT2D eigenvalue weighted by molar-refractivity contribution is 0.0817. The van der Waals surface area contributed by atoms with E-state index in [4.69, 9.17) is 0 Å². The molecule has 0 aliphatic rings. The molecule has 0 aliphatic carbocycles. The summed E-state index contributed by atoms with van der Waals surface area (Å²) in [4.78, 5) is 0. The van der Waals surface area contributed by atoms with Crippen LogP contribution in [0.25, 0.3) is 0 Å². The molecule has 0 amide bonds. The van der Waals surface area contributed by atoms with Gasteiger partial charge in [-0.3, -0.25) is 0 Å².